The molecule has 0 fully saturated rings. The third-order valence-electron chi connectivity index (χ3n) is 1.27. The molecular weight excluding hydrogens is 160 g/mol. The zero-order valence-corrected chi connectivity index (χ0v) is 6.35. The van der Waals surface area contributed by atoms with Crippen molar-refractivity contribution in [2.24, 2.45) is 0 Å². The first-order valence-corrected chi connectivity index (χ1v) is 3.23. The molecule has 1 aromatic rings. The van der Waals surface area contributed by atoms with Crippen molar-refractivity contribution in [2.75, 3.05) is 0 Å². The van der Waals surface area contributed by atoms with Crippen LogP contribution in [0, 0.1) is 17.0 Å². The van der Waals surface area contributed by atoms with Gasteiger partial charge in [-0.2, -0.15) is 0 Å². The molecule has 0 unspecified atom stereocenters. The number of carbonyl (C=O) groups is 1. The predicted octanol–water partition coefficient (Wildman–Crippen LogP) is 0.807. The molecule has 0 saturated carbocycles. The van der Waals surface area contributed by atoms with Gasteiger partial charge in [0.1, 0.15) is 4.92 Å². The second-order valence-corrected chi connectivity index (χ2v) is 2.23. The van der Waals surface area contributed by atoms with Gasteiger partial charge in [0, 0.05) is 5.69 Å². The number of carbonyl (C=O) groups excluding carboxylic acids is 1. The molecule has 1 amide bonds. The van der Waals surface area contributed by atoms with Gasteiger partial charge in [-0.1, -0.05) is 6.07 Å². The van der Waals surface area contributed by atoms with Crippen molar-refractivity contribution in [3.05, 3.63) is 39.7 Å². The summed E-state index contributed by atoms with van der Waals surface area (Å²) in [5, 5.41) is 10.0. The molecule has 0 aliphatic rings. The molecule has 62 valence electrons. The summed E-state index contributed by atoms with van der Waals surface area (Å²) >= 11 is 0. The highest BCUT2D eigenvalue weighted by molar-refractivity contribution is 5.85. The maximum atomic E-state index is 10.7. The van der Waals surface area contributed by atoms with E-state index in [0.29, 0.717) is 5.69 Å². The molecule has 1 heterocycles. The second kappa shape index (κ2) is 3.08. The maximum Gasteiger partial charge on any atom is 0.494 e. The summed E-state index contributed by atoms with van der Waals surface area (Å²) in [6.45, 7) is 1.66. The summed E-state index contributed by atoms with van der Waals surface area (Å²) in [5.41, 5.74) is 0.461. The largest absolute Gasteiger partial charge is 0.494 e. The Labute approximate surface area is 68.2 Å². The van der Waals surface area contributed by atoms with Crippen LogP contribution in [0.25, 0.3) is 0 Å². The predicted molar refractivity (Wildman–Crippen MR) is 40.3 cm³/mol. The SMILES string of the molecule is Cc1cccc(C(=O)[N+](=O)[O-])n1. The average molecular weight is 166 g/mol. The topological polar surface area (TPSA) is 73.1 Å². The average Bonchev–Trinajstić information content (AvgIpc) is 2.03. The molecule has 1 rings (SSSR count). The molecule has 0 aliphatic carbocycles. The van der Waals surface area contributed by atoms with E-state index in [1.807, 2.05) is 0 Å². The number of aryl methyl sites for hydroxylation is 1. The lowest BCUT2D eigenvalue weighted by molar-refractivity contribution is -0.375. The van der Waals surface area contributed by atoms with Crippen molar-refractivity contribution in [3.8, 4) is 0 Å². The first-order valence-electron chi connectivity index (χ1n) is 3.23. The van der Waals surface area contributed by atoms with Gasteiger partial charge in [0.2, 0.25) is 0 Å². The minimum absolute atomic E-state index is 0.125. The van der Waals surface area contributed by atoms with E-state index in [1.165, 1.54) is 6.07 Å². The van der Waals surface area contributed by atoms with Gasteiger partial charge in [-0.25, -0.2) is 9.78 Å². The fraction of sp³-hybridized carbons (Fsp3) is 0.143. The number of hydrogen-bond acceptors (Lipinski definition) is 4. The quantitative estimate of drug-likeness (QED) is 0.457. The van der Waals surface area contributed by atoms with Crippen LogP contribution in [0.1, 0.15) is 16.2 Å². The van der Waals surface area contributed by atoms with E-state index < -0.39 is 10.8 Å². The van der Waals surface area contributed by atoms with Crippen molar-refractivity contribution in [1.29, 1.82) is 0 Å². The van der Waals surface area contributed by atoms with E-state index >= 15 is 0 Å². The summed E-state index contributed by atoms with van der Waals surface area (Å²) in [5.74, 6) is -1.17. The van der Waals surface area contributed by atoms with Crippen molar-refractivity contribution in [2.45, 2.75) is 6.92 Å². The number of aromatic nitrogens is 1. The van der Waals surface area contributed by atoms with Crippen molar-refractivity contribution >= 4 is 5.91 Å². The Morgan fingerprint density at radius 3 is 2.75 bits per heavy atom. The van der Waals surface area contributed by atoms with Gasteiger partial charge < -0.3 is 0 Å². The Balaban J connectivity index is 3.04. The number of nitro groups is 1. The van der Waals surface area contributed by atoms with E-state index in [9.17, 15) is 14.9 Å². The fourth-order valence-electron chi connectivity index (χ4n) is 0.756. The number of rotatable bonds is 1. The van der Waals surface area contributed by atoms with Crippen LogP contribution in [-0.2, 0) is 0 Å². The molecule has 0 radical (unpaired) electrons. The Morgan fingerprint density at radius 1 is 1.58 bits per heavy atom. The van der Waals surface area contributed by atoms with Gasteiger partial charge in [0.25, 0.3) is 0 Å². The molecule has 5 nitrogen and oxygen atoms in total. The van der Waals surface area contributed by atoms with Gasteiger partial charge in [0.15, 0.2) is 5.69 Å². The normalized spacial score (nSPS) is 9.42. The lowest BCUT2D eigenvalue weighted by Gasteiger charge is -1.92. The summed E-state index contributed by atoms with van der Waals surface area (Å²) < 4.78 is 0. The molecule has 0 spiro atoms. The molecule has 0 bridgehead atoms. The summed E-state index contributed by atoms with van der Waals surface area (Å²) in [6, 6.07) is 4.54. The van der Waals surface area contributed by atoms with E-state index in [0.717, 1.165) is 0 Å². The fourth-order valence-corrected chi connectivity index (χ4v) is 0.756. The molecule has 5 heteroatoms. The van der Waals surface area contributed by atoms with Crippen LogP contribution in [0.5, 0.6) is 0 Å². The standard InChI is InChI=1S/C7H6N2O3/c1-5-3-2-4-6(8-5)7(10)9(11)12/h2-4H,1H3. The van der Waals surface area contributed by atoms with E-state index in [4.69, 9.17) is 0 Å². The van der Waals surface area contributed by atoms with Gasteiger partial charge in [-0.15, -0.1) is 0 Å². The first-order chi connectivity index (χ1) is 5.61. The lowest BCUT2D eigenvalue weighted by atomic mass is 10.3. The summed E-state index contributed by atoms with van der Waals surface area (Å²) in [7, 11) is 0. The second-order valence-electron chi connectivity index (χ2n) is 2.23. The molecular formula is C7H6N2O3. The zero-order chi connectivity index (χ0) is 9.14. The van der Waals surface area contributed by atoms with Crippen LogP contribution in [0.2, 0.25) is 0 Å². The minimum Gasteiger partial charge on any atom is -0.255 e. The van der Waals surface area contributed by atoms with E-state index in [1.54, 1.807) is 19.1 Å². The summed E-state index contributed by atoms with van der Waals surface area (Å²) in [6.07, 6.45) is 0. The molecule has 0 atom stereocenters. The molecule has 0 N–H and O–H groups in total. The smallest absolute Gasteiger partial charge is 0.255 e. The number of nitrogens with zero attached hydrogens (tertiary/aromatic N) is 2. The zero-order valence-electron chi connectivity index (χ0n) is 6.35. The van der Waals surface area contributed by atoms with Crippen LogP contribution >= 0.6 is 0 Å². The highest BCUT2D eigenvalue weighted by Crippen LogP contribution is 1.99. The van der Waals surface area contributed by atoms with Gasteiger partial charge in [-0.3, -0.25) is 10.1 Å². The molecule has 12 heavy (non-hydrogen) atoms. The highest BCUT2D eigenvalue weighted by atomic mass is 16.6. The number of pyridine rings is 1. The first kappa shape index (κ1) is 8.32. The van der Waals surface area contributed by atoms with E-state index in [-0.39, 0.29) is 5.69 Å². The van der Waals surface area contributed by atoms with Crippen LogP contribution < -0.4 is 0 Å². The van der Waals surface area contributed by atoms with Crippen molar-refractivity contribution in [1.82, 2.24) is 4.98 Å². The Morgan fingerprint density at radius 2 is 2.25 bits per heavy atom. The van der Waals surface area contributed by atoms with Gasteiger partial charge in [0.05, 0.1) is 0 Å². The molecule has 0 aromatic carbocycles. The van der Waals surface area contributed by atoms with E-state index in [2.05, 4.69) is 4.98 Å². The van der Waals surface area contributed by atoms with Crippen LogP contribution in [0.4, 0.5) is 0 Å². The van der Waals surface area contributed by atoms with Crippen LogP contribution in [-0.4, -0.2) is 15.8 Å². The number of amides is 1. The van der Waals surface area contributed by atoms with Crippen LogP contribution in [0.3, 0.4) is 0 Å². The summed E-state index contributed by atoms with van der Waals surface area (Å²) in [4.78, 5) is 23.5. The van der Waals surface area contributed by atoms with Crippen LogP contribution in [0.15, 0.2) is 18.2 Å². The molecule has 0 aliphatic heterocycles. The maximum absolute atomic E-state index is 10.7. The number of hydrogen-bond donors (Lipinski definition) is 0. The third-order valence-corrected chi connectivity index (χ3v) is 1.27. The Hall–Kier alpha value is -1.78. The van der Waals surface area contributed by atoms with Crippen molar-refractivity contribution in [3.63, 3.8) is 0 Å². The Kier molecular flexibility index (Phi) is 2.14. The van der Waals surface area contributed by atoms with Gasteiger partial charge >= 0.3 is 5.91 Å². The monoisotopic (exact) mass is 166 g/mol. The van der Waals surface area contributed by atoms with Gasteiger partial charge in [-0.05, 0) is 19.1 Å². The molecule has 0 saturated heterocycles. The minimum atomic E-state index is -1.17. The lowest BCUT2D eigenvalue weighted by Crippen LogP contribution is -2.13. The Bertz CT molecular complexity index is 335. The van der Waals surface area contributed by atoms with Crippen molar-refractivity contribution < 1.29 is 9.72 Å². The molecule has 1 aromatic heterocycles. The highest BCUT2D eigenvalue weighted by Gasteiger charge is 2.19. The third kappa shape index (κ3) is 1.63.